The van der Waals surface area contributed by atoms with Crippen LogP contribution in [0, 0.1) is 11.3 Å². The maximum absolute atomic E-state index is 12.2. The first kappa shape index (κ1) is 18.2. The van der Waals surface area contributed by atoms with E-state index < -0.39 is 17.9 Å². The van der Waals surface area contributed by atoms with Gasteiger partial charge in [0.25, 0.3) is 5.56 Å². The summed E-state index contributed by atoms with van der Waals surface area (Å²) >= 11 is 0. The molecule has 7 nitrogen and oxygen atoms in total. The number of halogens is 2. The van der Waals surface area contributed by atoms with E-state index in [1.807, 2.05) is 6.07 Å². The molecular weight excluding hydrogens is 334 g/mol. The Morgan fingerprint density at radius 1 is 1.20 bits per heavy atom. The third-order valence-electron chi connectivity index (χ3n) is 3.68. The molecule has 0 spiro atoms. The molecule has 0 aliphatic heterocycles. The third-order valence-corrected chi connectivity index (χ3v) is 3.68. The molecule has 2 aromatic rings. The standard InChI is InChI=1S/C16H16F2N4O3/c1-20(9-10-4-6-11(7-5-10)25-15(17)18)13-12(8-19)14(23)22(3)16(24)21(13)2/h4-7,15H,9H2,1-3H3. The highest BCUT2D eigenvalue weighted by molar-refractivity contribution is 5.53. The molecule has 2 rings (SSSR count). The fourth-order valence-corrected chi connectivity index (χ4v) is 2.50. The largest absolute Gasteiger partial charge is 0.435 e. The quantitative estimate of drug-likeness (QED) is 0.809. The molecule has 0 amide bonds. The van der Waals surface area contributed by atoms with Crippen LogP contribution in [0.3, 0.4) is 0 Å². The van der Waals surface area contributed by atoms with Crippen molar-refractivity contribution in [3.63, 3.8) is 0 Å². The van der Waals surface area contributed by atoms with Gasteiger partial charge in [-0.15, -0.1) is 0 Å². The molecule has 25 heavy (non-hydrogen) atoms. The molecule has 0 atom stereocenters. The molecular formula is C16H16F2N4O3. The van der Waals surface area contributed by atoms with Crippen LogP contribution < -0.4 is 20.9 Å². The highest BCUT2D eigenvalue weighted by atomic mass is 19.3. The second-order valence-corrected chi connectivity index (χ2v) is 5.39. The molecule has 0 aliphatic carbocycles. The minimum absolute atomic E-state index is 0.0279. The van der Waals surface area contributed by atoms with E-state index in [-0.39, 0.29) is 23.7 Å². The molecule has 0 aliphatic rings. The maximum Gasteiger partial charge on any atom is 0.387 e. The molecule has 0 bridgehead atoms. The Morgan fingerprint density at radius 2 is 1.80 bits per heavy atom. The van der Waals surface area contributed by atoms with Crippen LogP contribution in [0.1, 0.15) is 11.1 Å². The predicted octanol–water partition coefficient (Wildman–Crippen LogP) is 1.19. The van der Waals surface area contributed by atoms with E-state index in [0.29, 0.717) is 0 Å². The average Bonchev–Trinajstić information content (AvgIpc) is 2.57. The summed E-state index contributed by atoms with van der Waals surface area (Å²) in [6.45, 7) is -2.65. The van der Waals surface area contributed by atoms with Crippen LogP contribution in [0.2, 0.25) is 0 Å². The molecule has 1 aromatic carbocycles. The number of ether oxygens (including phenoxy) is 1. The first-order chi connectivity index (χ1) is 11.8. The fraction of sp³-hybridized carbons (Fsp3) is 0.312. The van der Waals surface area contributed by atoms with Crippen molar-refractivity contribution in [1.29, 1.82) is 5.26 Å². The zero-order valence-electron chi connectivity index (χ0n) is 13.9. The van der Waals surface area contributed by atoms with Crippen LogP contribution in [0.4, 0.5) is 14.6 Å². The monoisotopic (exact) mass is 350 g/mol. The summed E-state index contributed by atoms with van der Waals surface area (Å²) < 4.78 is 30.7. The zero-order chi connectivity index (χ0) is 18.7. The summed E-state index contributed by atoms with van der Waals surface area (Å²) in [6.07, 6.45) is 0. The SMILES string of the molecule is CN(Cc1ccc(OC(F)F)cc1)c1c(C#N)c(=O)n(C)c(=O)n1C. The second-order valence-electron chi connectivity index (χ2n) is 5.39. The number of nitrogens with zero attached hydrogens (tertiary/aromatic N) is 4. The molecule has 0 N–H and O–H groups in total. The first-order valence-electron chi connectivity index (χ1n) is 7.21. The van der Waals surface area contributed by atoms with Crippen molar-refractivity contribution in [1.82, 2.24) is 9.13 Å². The number of anilines is 1. The molecule has 132 valence electrons. The number of hydrogen-bond acceptors (Lipinski definition) is 5. The van der Waals surface area contributed by atoms with Crippen molar-refractivity contribution in [2.75, 3.05) is 11.9 Å². The summed E-state index contributed by atoms with van der Waals surface area (Å²) in [5.74, 6) is 0.212. The molecule has 0 radical (unpaired) electrons. The normalized spacial score (nSPS) is 10.6. The number of hydrogen-bond donors (Lipinski definition) is 0. The molecule has 1 heterocycles. The minimum atomic E-state index is -2.90. The number of benzene rings is 1. The Morgan fingerprint density at radius 3 is 2.32 bits per heavy atom. The van der Waals surface area contributed by atoms with Crippen LogP contribution in [-0.4, -0.2) is 22.8 Å². The van der Waals surface area contributed by atoms with E-state index in [1.165, 1.54) is 30.8 Å². The van der Waals surface area contributed by atoms with E-state index in [0.717, 1.165) is 10.1 Å². The Labute approximate surface area is 141 Å². The van der Waals surface area contributed by atoms with Crippen LogP contribution in [0.15, 0.2) is 33.9 Å². The summed E-state index contributed by atoms with van der Waals surface area (Å²) in [4.78, 5) is 25.8. The van der Waals surface area contributed by atoms with Gasteiger partial charge >= 0.3 is 12.3 Å². The van der Waals surface area contributed by atoms with E-state index in [4.69, 9.17) is 0 Å². The molecule has 0 saturated carbocycles. The smallest absolute Gasteiger partial charge is 0.387 e. The fourth-order valence-electron chi connectivity index (χ4n) is 2.50. The molecule has 9 heteroatoms. The Kier molecular flexibility index (Phi) is 5.22. The highest BCUT2D eigenvalue weighted by Crippen LogP contribution is 2.19. The first-order valence-corrected chi connectivity index (χ1v) is 7.21. The van der Waals surface area contributed by atoms with Gasteiger partial charge in [0.2, 0.25) is 0 Å². The number of rotatable bonds is 5. The lowest BCUT2D eigenvalue weighted by Crippen LogP contribution is -2.41. The van der Waals surface area contributed by atoms with E-state index in [2.05, 4.69) is 4.74 Å². The minimum Gasteiger partial charge on any atom is -0.435 e. The zero-order valence-corrected chi connectivity index (χ0v) is 13.9. The van der Waals surface area contributed by atoms with Gasteiger partial charge in [0.1, 0.15) is 17.6 Å². The van der Waals surface area contributed by atoms with Gasteiger partial charge in [-0.05, 0) is 17.7 Å². The van der Waals surface area contributed by atoms with Gasteiger partial charge in [-0.25, -0.2) is 4.79 Å². The van der Waals surface area contributed by atoms with Crippen LogP contribution in [0.5, 0.6) is 5.75 Å². The van der Waals surface area contributed by atoms with Gasteiger partial charge < -0.3 is 9.64 Å². The van der Waals surface area contributed by atoms with Crippen LogP contribution in [0.25, 0.3) is 0 Å². The van der Waals surface area contributed by atoms with Crippen LogP contribution >= 0.6 is 0 Å². The van der Waals surface area contributed by atoms with Gasteiger partial charge in [-0.2, -0.15) is 14.0 Å². The van der Waals surface area contributed by atoms with Gasteiger partial charge in [-0.3, -0.25) is 13.9 Å². The van der Waals surface area contributed by atoms with Gasteiger partial charge in [0.05, 0.1) is 0 Å². The van der Waals surface area contributed by atoms with Crippen molar-refractivity contribution in [3.05, 3.63) is 56.2 Å². The lowest BCUT2D eigenvalue weighted by atomic mass is 10.2. The van der Waals surface area contributed by atoms with Crippen LogP contribution in [-0.2, 0) is 20.6 Å². The molecule has 1 aromatic heterocycles. The average molecular weight is 350 g/mol. The summed E-state index contributed by atoms with van der Waals surface area (Å²) in [7, 11) is 4.39. The predicted molar refractivity (Wildman–Crippen MR) is 86.8 cm³/mol. The van der Waals surface area contributed by atoms with Crippen molar-refractivity contribution in [2.24, 2.45) is 14.1 Å². The number of nitriles is 1. The molecule has 0 saturated heterocycles. The van der Waals surface area contributed by atoms with Gasteiger partial charge in [0.15, 0.2) is 5.56 Å². The Balaban J connectivity index is 2.36. The molecule has 0 fully saturated rings. The van der Waals surface area contributed by atoms with Gasteiger partial charge in [-0.1, -0.05) is 12.1 Å². The van der Waals surface area contributed by atoms with Crippen molar-refractivity contribution >= 4 is 5.82 Å². The van der Waals surface area contributed by atoms with E-state index in [9.17, 15) is 23.6 Å². The second kappa shape index (κ2) is 7.17. The van der Waals surface area contributed by atoms with Crippen molar-refractivity contribution in [3.8, 4) is 11.8 Å². The lowest BCUT2D eigenvalue weighted by Gasteiger charge is -2.23. The highest BCUT2D eigenvalue weighted by Gasteiger charge is 2.19. The van der Waals surface area contributed by atoms with Crippen molar-refractivity contribution in [2.45, 2.75) is 13.2 Å². The number of aromatic nitrogens is 2. The molecule has 0 unspecified atom stereocenters. The topological polar surface area (TPSA) is 80.3 Å². The summed E-state index contributed by atoms with van der Waals surface area (Å²) in [6, 6.07) is 7.78. The summed E-state index contributed by atoms with van der Waals surface area (Å²) in [5, 5.41) is 9.28. The van der Waals surface area contributed by atoms with E-state index >= 15 is 0 Å². The maximum atomic E-state index is 12.2. The number of alkyl halides is 2. The van der Waals surface area contributed by atoms with Crippen molar-refractivity contribution < 1.29 is 13.5 Å². The summed E-state index contributed by atoms with van der Waals surface area (Å²) in [5.41, 5.74) is -0.648. The van der Waals surface area contributed by atoms with E-state index in [1.54, 1.807) is 24.1 Å². The van der Waals surface area contributed by atoms with Gasteiger partial charge in [0, 0.05) is 27.7 Å². The Bertz CT molecular complexity index is 927. The third kappa shape index (κ3) is 3.68. The lowest BCUT2D eigenvalue weighted by molar-refractivity contribution is -0.0498. The Hall–Kier alpha value is -3.15.